The van der Waals surface area contributed by atoms with Crippen LogP contribution in [-0.4, -0.2) is 24.0 Å². The third-order valence-electron chi connectivity index (χ3n) is 3.43. The molecule has 2 nitrogen and oxygen atoms in total. The minimum Gasteiger partial charge on any atom is -0.329 e. The summed E-state index contributed by atoms with van der Waals surface area (Å²) in [7, 11) is 0. The molecule has 1 atom stereocenters. The maximum Gasteiger partial charge on any atom is 0.146 e. The van der Waals surface area contributed by atoms with Crippen molar-refractivity contribution in [1.29, 1.82) is 0 Å². The van der Waals surface area contributed by atoms with Crippen LogP contribution in [0.4, 0.5) is 4.39 Å². The van der Waals surface area contributed by atoms with Crippen molar-refractivity contribution in [3.05, 3.63) is 34.6 Å². The summed E-state index contributed by atoms with van der Waals surface area (Å²) in [6.07, 6.45) is 3.49. The fourth-order valence-corrected chi connectivity index (χ4v) is 2.62. The Kier molecular flexibility index (Phi) is 4.37. The first kappa shape index (κ1) is 12.8. The molecule has 4 heteroatoms. The molecule has 1 aromatic carbocycles. The summed E-state index contributed by atoms with van der Waals surface area (Å²) in [5.74, 6) is -0.296. The van der Waals surface area contributed by atoms with Gasteiger partial charge in [0.25, 0.3) is 0 Å². The predicted molar refractivity (Wildman–Crippen MR) is 68.5 cm³/mol. The molecule has 0 spiro atoms. The van der Waals surface area contributed by atoms with Crippen molar-refractivity contribution in [2.24, 2.45) is 5.73 Å². The lowest BCUT2D eigenvalue weighted by molar-refractivity contribution is 0.143. The van der Waals surface area contributed by atoms with Crippen LogP contribution >= 0.6 is 11.6 Å². The van der Waals surface area contributed by atoms with Crippen molar-refractivity contribution in [1.82, 2.24) is 4.90 Å². The summed E-state index contributed by atoms with van der Waals surface area (Å²) in [6.45, 7) is 2.24. The summed E-state index contributed by atoms with van der Waals surface area (Å²) < 4.78 is 13.8. The minimum absolute atomic E-state index is 0.198. The fourth-order valence-electron chi connectivity index (χ4n) is 2.42. The van der Waals surface area contributed by atoms with Gasteiger partial charge < -0.3 is 5.73 Å². The molecule has 1 aromatic rings. The maximum absolute atomic E-state index is 13.8. The zero-order valence-electron chi connectivity index (χ0n) is 9.83. The van der Waals surface area contributed by atoms with Gasteiger partial charge >= 0.3 is 0 Å². The van der Waals surface area contributed by atoms with Crippen LogP contribution < -0.4 is 5.73 Å². The van der Waals surface area contributed by atoms with Crippen molar-refractivity contribution < 1.29 is 4.39 Å². The van der Waals surface area contributed by atoms with Gasteiger partial charge in [-0.25, -0.2) is 4.39 Å². The molecule has 0 radical (unpaired) electrons. The van der Waals surface area contributed by atoms with E-state index in [2.05, 4.69) is 4.90 Å². The monoisotopic (exact) mass is 256 g/mol. The van der Waals surface area contributed by atoms with Crippen LogP contribution in [0, 0.1) is 5.82 Å². The Balaban J connectivity index is 2.11. The molecule has 94 valence electrons. The summed E-state index contributed by atoms with van der Waals surface area (Å²) >= 11 is 5.78. The van der Waals surface area contributed by atoms with Gasteiger partial charge in [-0.1, -0.05) is 30.2 Å². The topological polar surface area (TPSA) is 29.3 Å². The summed E-state index contributed by atoms with van der Waals surface area (Å²) in [6, 6.07) is 5.55. The number of rotatable bonds is 3. The van der Waals surface area contributed by atoms with Crippen LogP contribution in [0.5, 0.6) is 0 Å². The van der Waals surface area contributed by atoms with E-state index in [9.17, 15) is 4.39 Å². The van der Waals surface area contributed by atoms with E-state index in [4.69, 9.17) is 17.3 Å². The number of halogens is 2. The fraction of sp³-hybridized carbons (Fsp3) is 0.538. The van der Waals surface area contributed by atoms with Gasteiger partial charge in [0.2, 0.25) is 0 Å². The van der Waals surface area contributed by atoms with Gasteiger partial charge in [0.15, 0.2) is 0 Å². The van der Waals surface area contributed by atoms with Crippen molar-refractivity contribution >= 4 is 11.6 Å². The number of nitrogens with two attached hydrogens (primary N) is 1. The summed E-state index contributed by atoms with van der Waals surface area (Å²) in [5, 5.41) is 0.198. The van der Waals surface area contributed by atoms with Gasteiger partial charge in [-0.15, -0.1) is 0 Å². The van der Waals surface area contributed by atoms with E-state index < -0.39 is 0 Å². The highest BCUT2D eigenvalue weighted by molar-refractivity contribution is 6.30. The molecular weight excluding hydrogens is 239 g/mol. The predicted octanol–water partition coefficient (Wildman–Crippen LogP) is 2.79. The van der Waals surface area contributed by atoms with Crippen LogP contribution in [0.25, 0.3) is 0 Å². The van der Waals surface area contributed by atoms with Crippen LogP contribution in [0.2, 0.25) is 5.02 Å². The first-order valence-corrected chi connectivity index (χ1v) is 6.47. The third kappa shape index (κ3) is 2.97. The van der Waals surface area contributed by atoms with E-state index in [0.717, 1.165) is 13.0 Å². The minimum atomic E-state index is -0.296. The summed E-state index contributed by atoms with van der Waals surface area (Å²) in [5.41, 5.74) is 6.42. The first-order valence-electron chi connectivity index (χ1n) is 6.09. The van der Waals surface area contributed by atoms with Gasteiger partial charge in [-0.2, -0.15) is 0 Å². The normalized spacial score (nSPS) is 21.7. The molecule has 1 unspecified atom stereocenters. The van der Waals surface area contributed by atoms with Crippen molar-refractivity contribution in [2.75, 3.05) is 13.1 Å². The van der Waals surface area contributed by atoms with E-state index in [-0.39, 0.29) is 10.8 Å². The van der Waals surface area contributed by atoms with E-state index in [1.54, 1.807) is 18.2 Å². The molecule has 1 saturated heterocycles. The number of likely N-dealkylation sites (tertiary alicyclic amines) is 1. The van der Waals surface area contributed by atoms with E-state index in [1.165, 1.54) is 12.8 Å². The largest absolute Gasteiger partial charge is 0.329 e. The number of benzene rings is 1. The smallest absolute Gasteiger partial charge is 0.146 e. The van der Waals surface area contributed by atoms with Crippen molar-refractivity contribution in [2.45, 2.75) is 31.8 Å². The molecule has 0 bridgehead atoms. The van der Waals surface area contributed by atoms with Gasteiger partial charge in [-0.05, 0) is 25.5 Å². The van der Waals surface area contributed by atoms with Gasteiger partial charge in [0.1, 0.15) is 5.82 Å². The SMILES string of the molecule is NCC1CCCCN1Cc1cccc(Cl)c1F. The Morgan fingerprint density at radius 3 is 3.00 bits per heavy atom. The molecular formula is C13H18ClFN2. The van der Waals surface area contributed by atoms with Crippen LogP contribution in [0.3, 0.4) is 0 Å². The lowest BCUT2D eigenvalue weighted by atomic mass is 10.0. The summed E-state index contributed by atoms with van der Waals surface area (Å²) in [4.78, 5) is 2.26. The van der Waals surface area contributed by atoms with Crippen molar-refractivity contribution in [3.8, 4) is 0 Å². The molecule has 1 aliphatic rings. The number of piperidine rings is 1. The molecule has 0 amide bonds. The highest BCUT2D eigenvalue weighted by atomic mass is 35.5. The third-order valence-corrected chi connectivity index (χ3v) is 3.72. The first-order chi connectivity index (χ1) is 8.22. The second-order valence-corrected chi connectivity index (χ2v) is 4.98. The van der Waals surface area contributed by atoms with Gasteiger partial charge in [-0.3, -0.25) is 4.90 Å². The van der Waals surface area contributed by atoms with E-state index in [1.807, 2.05) is 0 Å². The highest BCUT2D eigenvalue weighted by Crippen LogP contribution is 2.23. The van der Waals surface area contributed by atoms with Gasteiger partial charge in [0, 0.05) is 24.7 Å². The van der Waals surface area contributed by atoms with Crippen LogP contribution in [0.15, 0.2) is 18.2 Å². The Morgan fingerprint density at radius 1 is 1.41 bits per heavy atom. The Morgan fingerprint density at radius 2 is 2.24 bits per heavy atom. The molecule has 0 aliphatic carbocycles. The van der Waals surface area contributed by atoms with Crippen LogP contribution in [0.1, 0.15) is 24.8 Å². The molecule has 2 rings (SSSR count). The number of hydrogen-bond donors (Lipinski definition) is 1. The molecule has 1 aliphatic heterocycles. The molecule has 17 heavy (non-hydrogen) atoms. The molecule has 1 fully saturated rings. The zero-order valence-corrected chi connectivity index (χ0v) is 10.6. The number of nitrogens with zero attached hydrogens (tertiary/aromatic N) is 1. The Hall–Kier alpha value is -0.640. The molecule has 0 saturated carbocycles. The average molecular weight is 257 g/mol. The lowest BCUT2D eigenvalue weighted by Crippen LogP contribution is -2.43. The number of hydrogen-bond acceptors (Lipinski definition) is 2. The second-order valence-electron chi connectivity index (χ2n) is 4.57. The van der Waals surface area contributed by atoms with E-state index >= 15 is 0 Å². The quantitative estimate of drug-likeness (QED) is 0.901. The van der Waals surface area contributed by atoms with Gasteiger partial charge in [0.05, 0.1) is 5.02 Å². The zero-order chi connectivity index (χ0) is 12.3. The standard InChI is InChI=1S/C13H18ClFN2/c14-12-6-3-4-10(13(12)15)9-17-7-2-1-5-11(17)8-16/h3-4,6,11H,1-2,5,7-9,16H2. The average Bonchev–Trinajstić information content (AvgIpc) is 2.35. The Labute approximate surface area is 107 Å². The molecule has 1 heterocycles. The maximum atomic E-state index is 13.8. The van der Waals surface area contributed by atoms with Crippen molar-refractivity contribution in [3.63, 3.8) is 0 Å². The second kappa shape index (κ2) is 5.80. The molecule has 2 N–H and O–H groups in total. The van der Waals surface area contributed by atoms with Crippen LogP contribution in [-0.2, 0) is 6.54 Å². The molecule has 0 aromatic heterocycles. The lowest BCUT2D eigenvalue weighted by Gasteiger charge is -2.35. The van der Waals surface area contributed by atoms with E-state index in [0.29, 0.717) is 24.7 Å². The highest BCUT2D eigenvalue weighted by Gasteiger charge is 2.22. The Bertz CT molecular complexity index is 384.